The Kier molecular flexibility index (Phi) is 4.82. The van der Waals surface area contributed by atoms with Crippen molar-refractivity contribution >= 4 is 43.6 Å². The molecule has 3 nitrogen and oxygen atoms in total. The molecule has 0 bridgehead atoms. The average molecular weight is 498 g/mol. The average Bonchev–Trinajstić information content (AvgIpc) is 3.35. The first-order chi connectivity index (χ1) is 19.3. The second-order valence-electron chi connectivity index (χ2n) is 9.90. The Labute approximate surface area is 225 Å². The molecule has 3 heteroatoms. The summed E-state index contributed by atoms with van der Waals surface area (Å²) in [5.41, 5.74) is 9.90. The maximum Gasteiger partial charge on any atom is 0.0972 e. The lowest BCUT2D eigenvalue weighted by Crippen LogP contribution is -1.93. The van der Waals surface area contributed by atoms with Crippen molar-refractivity contribution in [2.75, 3.05) is 0 Å². The van der Waals surface area contributed by atoms with Crippen molar-refractivity contribution in [1.29, 1.82) is 0 Å². The first-order valence-electron chi connectivity index (χ1n) is 13.2. The van der Waals surface area contributed by atoms with Gasteiger partial charge in [-0.15, -0.1) is 0 Å². The molecule has 8 rings (SSSR count). The van der Waals surface area contributed by atoms with Crippen LogP contribution in [0.25, 0.3) is 71.7 Å². The molecular weight excluding hydrogens is 474 g/mol. The number of pyridine rings is 2. The zero-order valence-corrected chi connectivity index (χ0v) is 21.1. The fourth-order valence-electron chi connectivity index (χ4n) is 5.72. The van der Waals surface area contributed by atoms with Crippen molar-refractivity contribution in [2.45, 2.75) is 0 Å². The summed E-state index contributed by atoms with van der Waals surface area (Å²) in [7, 11) is 0. The summed E-state index contributed by atoms with van der Waals surface area (Å²) >= 11 is 0. The largest absolute Gasteiger partial charge is 0.309 e. The number of hydrogen-bond donors (Lipinski definition) is 0. The number of fused-ring (bicyclic) bond motifs is 6. The molecule has 0 aliphatic rings. The molecule has 0 unspecified atom stereocenters. The van der Waals surface area contributed by atoms with Gasteiger partial charge in [-0.1, -0.05) is 97.1 Å². The van der Waals surface area contributed by atoms with Gasteiger partial charge in [0.25, 0.3) is 0 Å². The minimum atomic E-state index is 0.940. The molecule has 0 atom stereocenters. The number of rotatable bonds is 3. The Hall–Kier alpha value is -5.28. The molecule has 0 radical (unpaired) electrons. The molecule has 0 N–H and O–H groups in total. The zero-order chi connectivity index (χ0) is 25.8. The highest BCUT2D eigenvalue weighted by Gasteiger charge is 2.12. The maximum atomic E-state index is 5.00. The van der Waals surface area contributed by atoms with E-state index in [4.69, 9.17) is 4.98 Å². The molecule has 0 aliphatic heterocycles. The van der Waals surface area contributed by atoms with E-state index in [0.29, 0.717) is 0 Å². The van der Waals surface area contributed by atoms with Crippen LogP contribution >= 0.6 is 0 Å². The Balaban J connectivity index is 1.15. The third-order valence-corrected chi connectivity index (χ3v) is 7.65. The van der Waals surface area contributed by atoms with Crippen molar-refractivity contribution in [2.24, 2.45) is 0 Å². The first kappa shape index (κ1) is 21.8. The molecule has 0 spiro atoms. The van der Waals surface area contributed by atoms with E-state index in [2.05, 4.69) is 137 Å². The van der Waals surface area contributed by atoms with Gasteiger partial charge in [-0.2, -0.15) is 0 Å². The summed E-state index contributed by atoms with van der Waals surface area (Å²) in [6.45, 7) is 0. The van der Waals surface area contributed by atoms with Gasteiger partial charge in [-0.3, -0.25) is 4.98 Å². The quantitative estimate of drug-likeness (QED) is 0.228. The van der Waals surface area contributed by atoms with E-state index in [9.17, 15) is 0 Å². The lowest BCUT2D eigenvalue weighted by Gasteiger charge is -2.10. The molecule has 0 saturated heterocycles. The Morgan fingerprint density at radius 2 is 1.00 bits per heavy atom. The molecule has 0 amide bonds. The molecule has 0 aliphatic carbocycles. The van der Waals surface area contributed by atoms with E-state index < -0.39 is 0 Å². The predicted molar refractivity (Wildman–Crippen MR) is 162 cm³/mol. The Morgan fingerprint density at radius 3 is 1.69 bits per heavy atom. The van der Waals surface area contributed by atoms with Crippen LogP contribution in [0.3, 0.4) is 0 Å². The lowest BCUT2D eigenvalue weighted by atomic mass is 10.0. The normalized spacial score (nSPS) is 11.6. The maximum absolute atomic E-state index is 5.00. The molecule has 8 aromatic rings. The van der Waals surface area contributed by atoms with E-state index in [-0.39, 0.29) is 0 Å². The number of hydrogen-bond acceptors (Lipinski definition) is 2. The van der Waals surface area contributed by atoms with Gasteiger partial charge in [-0.05, 0) is 47.5 Å². The van der Waals surface area contributed by atoms with E-state index in [1.807, 2.05) is 12.3 Å². The molecular formula is C36H23N3. The van der Waals surface area contributed by atoms with Crippen LogP contribution in [0.2, 0.25) is 0 Å². The van der Waals surface area contributed by atoms with E-state index in [1.165, 1.54) is 32.9 Å². The second kappa shape index (κ2) is 8.64. The molecule has 3 aromatic heterocycles. The molecule has 5 aromatic carbocycles. The van der Waals surface area contributed by atoms with E-state index >= 15 is 0 Å². The van der Waals surface area contributed by atoms with Gasteiger partial charge in [-0.25, -0.2) is 4.98 Å². The van der Waals surface area contributed by atoms with Crippen molar-refractivity contribution in [3.05, 3.63) is 140 Å². The Bertz CT molecular complexity index is 2100. The van der Waals surface area contributed by atoms with Crippen LogP contribution in [0, 0.1) is 0 Å². The topological polar surface area (TPSA) is 30.7 Å². The van der Waals surface area contributed by atoms with E-state index in [0.717, 1.165) is 38.8 Å². The summed E-state index contributed by atoms with van der Waals surface area (Å²) < 4.78 is 2.35. The van der Waals surface area contributed by atoms with Crippen LogP contribution in [-0.2, 0) is 0 Å². The minimum absolute atomic E-state index is 0.940. The van der Waals surface area contributed by atoms with E-state index in [1.54, 1.807) is 0 Å². The molecule has 0 saturated carbocycles. The van der Waals surface area contributed by atoms with Crippen molar-refractivity contribution in [3.8, 4) is 28.1 Å². The fourth-order valence-corrected chi connectivity index (χ4v) is 5.72. The molecule has 182 valence electrons. The minimum Gasteiger partial charge on any atom is -0.309 e. The van der Waals surface area contributed by atoms with Gasteiger partial charge in [0.1, 0.15) is 0 Å². The van der Waals surface area contributed by atoms with Gasteiger partial charge in [0.05, 0.1) is 27.8 Å². The van der Waals surface area contributed by atoms with Crippen LogP contribution < -0.4 is 0 Å². The second-order valence-corrected chi connectivity index (χ2v) is 9.90. The number of para-hydroxylation sites is 2. The van der Waals surface area contributed by atoms with Crippen LogP contribution in [0.4, 0.5) is 0 Å². The van der Waals surface area contributed by atoms with Crippen molar-refractivity contribution < 1.29 is 0 Å². The summed E-state index contributed by atoms with van der Waals surface area (Å²) in [5.74, 6) is 0. The van der Waals surface area contributed by atoms with Crippen LogP contribution in [0.15, 0.2) is 140 Å². The third-order valence-electron chi connectivity index (χ3n) is 7.65. The lowest BCUT2D eigenvalue weighted by molar-refractivity contribution is 1.18. The van der Waals surface area contributed by atoms with Crippen molar-refractivity contribution in [3.63, 3.8) is 0 Å². The predicted octanol–water partition coefficient (Wildman–Crippen LogP) is 9.21. The molecule has 3 heterocycles. The highest BCUT2D eigenvalue weighted by atomic mass is 15.0. The zero-order valence-electron chi connectivity index (χ0n) is 21.1. The monoisotopic (exact) mass is 497 g/mol. The number of nitrogens with zero attached hydrogens (tertiary/aromatic N) is 3. The standard InChI is InChI=1S/C36H23N3/c1-3-9-33-30(7-1)31-8-2-4-10-34(31)39(33)29-20-17-25(18-21-29)24-11-13-26(14-12-24)32-22-19-28-16-15-27-6-5-23-37-35(27)36(28)38-32/h1-23H. The van der Waals surface area contributed by atoms with Crippen LogP contribution in [0.5, 0.6) is 0 Å². The Morgan fingerprint density at radius 1 is 0.436 bits per heavy atom. The molecule has 39 heavy (non-hydrogen) atoms. The number of aromatic nitrogens is 3. The van der Waals surface area contributed by atoms with Gasteiger partial charge in [0, 0.05) is 39.0 Å². The first-order valence-corrected chi connectivity index (χ1v) is 13.2. The highest BCUT2D eigenvalue weighted by molar-refractivity contribution is 6.09. The van der Waals surface area contributed by atoms with Crippen LogP contribution in [-0.4, -0.2) is 14.5 Å². The SMILES string of the molecule is c1cnc2c(c1)ccc1ccc(-c3ccc(-c4ccc(-n5c6ccccc6c6ccccc65)cc4)cc3)nc12. The third kappa shape index (κ3) is 3.52. The van der Waals surface area contributed by atoms with Gasteiger partial charge < -0.3 is 4.57 Å². The highest BCUT2D eigenvalue weighted by Crippen LogP contribution is 2.33. The van der Waals surface area contributed by atoms with Crippen molar-refractivity contribution in [1.82, 2.24) is 14.5 Å². The fraction of sp³-hybridized carbons (Fsp3) is 0. The smallest absolute Gasteiger partial charge is 0.0972 e. The molecule has 0 fully saturated rings. The van der Waals surface area contributed by atoms with Gasteiger partial charge in [0.2, 0.25) is 0 Å². The summed E-state index contributed by atoms with van der Waals surface area (Å²) in [6.07, 6.45) is 1.83. The summed E-state index contributed by atoms with van der Waals surface area (Å²) in [5, 5.41) is 4.76. The summed E-state index contributed by atoms with van der Waals surface area (Å²) in [4.78, 5) is 9.59. The van der Waals surface area contributed by atoms with Gasteiger partial charge in [0.15, 0.2) is 0 Å². The summed E-state index contributed by atoms with van der Waals surface area (Å²) in [6, 6.07) is 47.2. The van der Waals surface area contributed by atoms with Gasteiger partial charge >= 0.3 is 0 Å². The number of benzene rings is 5. The van der Waals surface area contributed by atoms with Crippen LogP contribution in [0.1, 0.15) is 0 Å².